The molecule has 0 spiro atoms. The van der Waals surface area contributed by atoms with E-state index in [1.54, 1.807) is 16.2 Å². The van der Waals surface area contributed by atoms with Gasteiger partial charge in [-0.2, -0.15) is 0 Å². The number of piperidine rings is 1. The van der Waals surface area contributed by atoms with Crippen molar-refractivity contribution in [1.29, 1.82) is 0 Å². The Morgan fingerprint density at radius 1 is 1.29 bits per heavy atom. The van der Waals surface area contributed by atoms with Gasteiger partial charge in [-0.25, -0.2) is 4.79 Å². The Bertz CT molecular complexity index is 752. The summed E-state index contributed by atoms with van der Waals surface area (Å²) >= 11 is 1.73. The lowest BCUT2D eigenvalue weighted by atomic mass is 9.84. The molecule has 3 rings (SSSR count). The molecule has 0 unspecified atom stereocenters. The Morgan fingerprint density at radius 2 is 1.96 bits per heavy atom. The van der Waals surface area contributed by atoms with Crippen molar-refractivity contribution in [1.82, 2.24) is 4.90 Å². The van der Waals surface area contributed by atoms with E-state index in [0.29, 0.717) is 25.9 Å². The Labute approximate surface area is 147 Å². The van der Waals surface area contributed by atoms with Gasteiger partial charge >= 0.3 is 6.09 Å². The molecule has 1 aromatic carbocycles. The normalized spacial score (nSPS) is 18.0. The zero-order valence-corrected chi connectivity index (χ0v) is 15.6. The molecule has 1 amide bonds. The van der Waals surface area contributed by atoms with Crippen LogP contribution in [0, 0.1) is 6.92 Å². The highest BCUT2D eigenvalue weighted by atomic mass is 32.1. The predicted molar refractivity (Wildman–Crippen MR) is 97.5 cm³/mol. The first-order valence-electron chi connectivity index (χ1n) is 8.37. The van der Waals surface area contributed by atoms with Crippen molar-refractivity contribution in [3.8, 4) is 0 Å². The summed E-state index contributed by atoms with van der Waals surface area (Å²) in [6, 6.07) is 6.20. The summed E-state index contributed by atoms with van der Waals surface area (Å²) in [5, 5.41) is 14.4. The number of fused-ring (bicyclic) bond motifs is 1. The van der Waals surface area contributed by atoms with Crippen molar-refractivity contribution in [2.45, 2.75) is 51.7 Å². The van der Waals surface area contributed by atoms with Crippen LogP contribution >= 0.6 is 11.3 Å². The van der Waals surface area contributed by atoms with Gasteiger partial charge in [0.15, 0.2) is 0 Å². The maximum atomic E-state index is 12.2. The van der Waals surface area contributed by atoms with E-state index >= 15 is 0 Å². The number of carbonyl (C=O) groups is 1. The molecule has 0 saturated carbocycles. The van der Waals surface area contributed by atoms with Crippen molar-refractivity contribution in [2.24, 2.45) is 0 Å². The minimum Gasteiger partial charge on any atom is -0.444 e. The van der Waals surface area contributed by atoms with Crippen LogP contribution in [0.15, 0.2) is 23.6 Å². The van der Waals surface area contributed by atoms with Gasteiger partial charge in [-0.15, -0.1) is 11.3 Å². The largest absolute Gasteiger partial charge is 0.444 e. The molecule has 0 radical (unpaired) electrons. The Kier molecular flexibility index (Phi) is 4.34. The third kappa shape index (κ3) is 3.42. The Balaban J connectivity index is 1.73. The fraction of sp³-hybridized carbons (Fsp3) is 0.526. The average molecular weight is 347 g/mol. The summed E-state index contributed by atoms with van der Waals surface area (Å²) in [5.41, 5.74) is 0.819. The number of thiophene rings is 1. The second-order valence-corrected chi connectivity index (χ2v) is 8.54. The summed E-state index contributed by atoms with van der Waals surface area (Å²) < 4.78 is 6.66. The van der Waals surface area contributed by atoms with E-state index in [2.05, 4.69) is 24.4 Å². The van der Waals surface area contributed by atoms with Gasteiger partial charge in [0.2, 0.25) is 0 Å². The van der Waals surface area contributed by atoms with Gasteiger partial charge in [0.25, 0.3) is 0 Å². The van der Waals surface area contributed by atoms with Crippen molar-refractivity contribution in [3.63, 3.8) is 0 Å². The number of amides is 1. The first-order valence-corrected chi connectivity index (χ1v) is 9.25. The summed E-state index contributed by atoms with van der Waals surface area (Å²) in [7, 11) is 0. The van der Waals surface area contributed by atoms with E-state index < -0.39 is 11.2 Å². The second-order valence-electron chi connectivity index (χ2n) is 7.63. The van der Waals surface area contributed by atoms with Gasteiger partial charge in [0.1, 0.15) is 5.60 Å². The third-order valence-corrected chi connectivity index (χ3v) is 5.63. The molecule has 1 N–H and O–H groups in total. The van der Waals surface area contributed by atoms with Crippen LogP contribution in [-0.2, 0) is 10.3 Å². The molecule has 0 bridgehead atoms. The average Bonchev–Trinajstić information content (AvgIpc) is 2.87. The summed E-state index contributed by atoms with van der Waals surface area (Å²) in [5.74, 6) is 0. The van der Waals surface area contributed by atoms with Crippen LogP contribution in [0.2, 0.25) is 0 Å². The maximum Gasteiger partial charge on any atom is 0.410 e. The smallest absolute Gasteiger partial charge is 0.410 e. The fourth-order valence-corrected chi connectivity index (χ4v) is 4.04. The molecule has 24 heavy (non-hydrogen) atoms. The quantitative estimate of drug-likeness (QED) is 0.830. The van der Waals surface area contributed by atoms with E-state index in [1.807, 2.05) is 26.8 Å². The van der Waals surface area contributed by atoms with E-state index in [-0.39, 0.29) is 6.09 Å². The van der Waals surface area contributed by atoms with E-state index in [4.69, 9.17) is 4.74 Å². The molecule has 5 heteroatoms. The van der Waals surface area contributed by atoms with Crippen molar-refractivity contribution in [3.05, 3.63) is 34.7 Å². The highest BCUT2D eigenvalue weighted by molar-refractivity contribution is 7.17. The topological polar surface area (TPSA) is 49.8 Å². The Morgan fingerprint density at radius 3 is 2.58 bits per heavy atom. The first kappa shape index (κ1) is 17.2. The Hall–Kier alpha value is -1.59. The van der Waals surface area contributed by atoms with Crippen LogP contribution in [0.3, 0.4) is 0 Å². The van der Waals surface area contributed by atoms with Crippen LogP contribution in [0.25, 0.3) is 10.1 Å². The molecule has 130 valence electrons. The third-order valence-electron chi connectivity index (χ3n) is 4.55. The van der Waals surface area contributed by atoms with E-state index in [0.717, 1.165) is 5.56 Å². The van der Waals surface area contributed by atoms with Crippen molar-refractivity contribution in [2.75, 3.05) is 13.1 Å². The molecule has 1 saturated heterocycles. The van der Waals surface area contributed by atoms with Gasteiger partial charge in [-0.1, -0.05) is 6.07 Å². The van der Waals surface area contributed by atoms with Crippen molar-refractivity contribution < 1.29 is 14.6 Å². The molecular weight excluding hydrogens is 322 g/mol. The molecule has 4 nitrogen and oxygen atoms in total. The first-order chi connectivity index (χ1) is 11.2. The lowest BCUT2D eigenvalue weighted by Crippen LogP contribution is -2.46. The highest BCUT2D eigenvalue weighted by Gasteiger charge is 2.36. The molecule has 0 aliphatic carbocycles. The summed E-state index contributed by atoms with van der Waals surface area (Å²) in [6.07, 6.45) is 0.760. The minimum absolute atomic E-state index is 0.298. The lowest BCUT2D eigenvalue weighted by Gasteiger charge is -2.39. The number of ether oxygens (including phenoxy) is 1. The number of hydrogen-bond donors (Lipinski definition) is 1. The van der Waals surface area contributed by atoms with Crippen LogP contribution in [0.5, 0.6) is 0 Å². The zero-order chi connectivity index (χ0) is 17.5. The number of likely N-dealkylation sites (tertiary alicyclic amines) is 1. The van der Waals surface area contributed by atoms with Crippen LogP contribution in [0.4, 0.5) is 4.79 Å². The van der Waals surface area contributed by atoms with Crippen LogP contribution < -0.4 is 0 Å². The number of aliphatic hydroxyl groups is 1. The lowest BCUT2D eigenvalue weighted by molar-refractivity contribution is -0.0355. The molecule has 1 aliphatic heterocycles. The minimum atomic E-state index is -0.874. The number of aryl methyl sites for hydroxylation is 1. The summed E-state index contributed by atoms with van der Waals surface area (Å²) in [4.78, 5) is 13.9. The van der Waals surface area contributed by atoms with Gasteiger partial charge < -0.3 is 14.7 Å². The zero-order valence-electron chi connectivity index (χ0n) is 14.8. The van der Waals surface area contributed by atoms with Gasteiger partial charge in [-0.3, -0.25) is 0 Å². The molecule has 1 fully saturated rings. The second kappa shape index (κ2) is 6.05. The predicted octanol–water partition coefficient (Wildman–Crippen LogP) is 4.43. The number of nitrogens with zero attached hydrogens (tertiary/aromatic N) is 1. The number of hydrogen-bond acceptors (Lipinski definition) is 4. The standard InChI is InChI=1S/C19H25NO3S/c1-13-12-24-16-6-5-14(11-15(13)16)19(22)7-9-20(10-8-19)17(21)23-18(2,3)4/h5-6,11-12,22H,7-10H2,1-4H3. The highest BCUT2D eigenvalue weighted by Crippen LogP contribution is 2.36. The van der Waals surface area contributed by atoms with Crippen LogP contribution in [-0.4, -0.2) is 34.8 Å². The fourth-order valence-electron chi connectivity index (χ4n) is 3.12. The van der Waals surface area contributed by atoms with E-state index in [9.17, 15) is 9.90 Å². The number of rotatable bonds is 1. The molecule has 2 heterocycles. The van der Waals surface area contributed by atoms with Gasteiger partial charge in [0.05, 0.1) is 5.60 Å². The molecule has 1 aromatic heterocycles. The summed E-state index contributed by atoms with van der Waals surface area (Å²) in [6.45, 7) is 8.70. The van der Waals surface area contributed by atoms with Crippen molar-refractivity contribution >= 4 is 27.5 Å². The van der Waals surface area contributed by atoms with E-state index in [1.165, 1.54) is 15.6 Å². The number of benzene rings is 1. The maximum absolute atomic E-state index is 12.2. The molecule has 1 aliphatic rings. The van der Waals surface area contributed by atoms with Gasteiger partial charge in [0, 0.05) is 17.8 Å². The molecule has 0 atom stereocenters. The monoisotopic (exact) mass is 347 g/mol. The SMILES string of the molecule is Cc1csc2ccc(C3(O)CCN(C(=O)OC(C)(C)C)CC3)cc12. The van der Waals surface area contributed by atoms with Gasteiger partial charge in [-0.05, 0) is 74.6 Å². The molecule has 2 aromatic rings. The molecular formula is C19H25NO3S. The van der Waals surface area contributed by atoms with Crippen LogP contribution in [0.1, 0.15) is 44.7 Å². The number of carbonyl (C=O) groups excluding carboxylic acids is 1.